The van der Waals surface area contributed by atoms with E-state index in [0.717, 1.165) is 72.7 Å². The van der Waals surface area contributed by atoms with E-state index in [4.69, 9.17) is 19.4 Å². The van der Waals surface area contributed by atoms with Gasteiger partial charge < -0.3 is 39.5 Å². The van der Waals surface area contributed by atoms with E-state index in [0.29, 0.717) is 19.5 Å². The SMILES string of the molecule is COC(=O)CCC(C(=O)N1CCCC1c1ncc(-c2ccc(C3CCC(c4ccc(-c5cnc(C6CCCN6C(=O)C(NC(=O)OC)C(C)C)[nH]5)cc4)N3c3ccccc3)cc2)[nH]1)C(C)C. The van der Waals surface area contributed by atoms with Crippen molar-refractivity contribution in [1.82, 2.24) is 35.1 Å². The molecule has 3 fully saturated rings. The number of carbonyl (C=O) groups is 4. The molecular weight excluding hydrogens is 833 g/mol. The summed E-state index contributed by atoms with van der Waals surface area (Å²) in [5.74, 6) is 0.928. The minimum Gasteiger partial charge on any atom is -0.469 e. The molecular formula is C52H64N8O6. The number of nitrogens with one attached hydrogen (secondary N) is 3. The number of esters is 1. The number of methoxy groups -OCH3 is 2. The number of likely N-dealkylation sites (tertiary alicyclic amines) is 2. The van der Waals surface area contributed by atoms with Crippen molar-refractivity contribution in [2.45, 2.75) is 109 Å². The van der Waals surface area contributed by atoms with E-state index >= 15 is 0 Å². The summed E-state index contributed by atoms with van der Waals surface area (Å²) in [6, 6.07) is 27.5. The van der Waals surface area contributed by atoms with Crippen LogP contribution in [0.15, 0.2) is 91.3 Å². The van der Waals surface area contributed by atoms with Crippen LogP contribution in [0.25, 0.3) is 22.5 Å². The number of amides is 3. The van der Waals surface area contributed by atoms with Gasteiger partial charge in [-0.1, -0.05) is 94.4 Å². The molecule has 3 aliphatic rings. The maximum absolute atomic E-state index is 13.9. The lowest BCUT2D eigenvalue weighted by Crippen LogP contribution is -2.51. The summed E-state index contributed by atoms with van der Waals surface area (Å²) in [5, 5.41) is 2.72. The third-order valence-corrected chi connectivity index (χ3v) is 13.9. The number of H-pyrrole nitrogens is 2. The zero-order chi connectivity index (χ0) is 46.5. The fourth-order valence-corrected chi connectivity index (χ4v) is 10.3. The largest absolute Gasteiger partial charge is 0.469 e. The van der Waals surface area contributed by atoms with Crippen LogP contribution < -0.4 is 10.2 Å². The van der Waals surface area contributed by atoms with Gasteiger partial charge >= 0.3 is 12.1 Å². The molecule has 6 unspecified atom stereocenters. The molecule has 0 spiro atoms. The number of aromatic amines is 2. The Morgan fingerprint density at radius 3 is 1.64 bits per heavy atom. The zero-order valence-electron chi connectivity index (χ0n) is 39.0. The second-order valence-electron chi connectivity index (χ2n) is 18.7. The van der Waals surface area contributed by atoms with E-state index in [9.17, 15) is 19.2 Å². The Hall–Kier alpha value is -6.44. The fourth-order valence-electron chi connectivity index (χ4n) is 10.3. The van der Waals surface area contributed by atoms with Crippen LogP contribution in [0.1, 0.15) is 126 Å². The Morgan fingerprint density at radius 2 is 1.17 bits per heavy atom. The van der Waals surface area contributed by atoms with Gasteiger partial charge in [-0.15, -0.1) is 0 Å². The van der Waals surface area contributed by atoms with Crippen molar-refractivity contribution in [3.63, 3.8) is 0 Å². The zero-order valence-corrected chi connectivity index (χ0v) is 39.0. The average Bonchev–Trinajstić information content (AvgIpc) is 4.20. The molecule has 0 bridgehead atoms. The summed E-state index contributed by atoms with van der Waals surface area (Å²) in [4.78, 5) is 74.5. The van der Waals surface area contributed by atoms with E-state index in [2.05, 4.69) is 99.0 Å². The smallest absolute Gasteiger partial charge is 0.407 e. The lowest BCUT2D eigenvalue weighted by atomic mass is 9.89. The lowest BCUT2D eigenvalue weighted by Gasteiger charge is -2.33. The summed E-state index contributed by atoms with van der Waals surface area (Å²) in [5.41, 5.74) is 7.50. The minimum atomic E-state index is -0.689. The summed E-state index contributed by atoms with van der Waals surface area (Å²) in [7, 11) is 2.68. The Kier molecular flexibility index (Phi) is 14.2. The van der Waals surface area contributed by atoms with Gasteiger partial charge in [0.2, 0.25) is 11.8 Å². The highest BCUT2D eigenvalue weighted by molar-refractivity contribution is 5.86. The Morgan fingerprint density at radius 1 is 0.652 bits per heavy atom. The molecule has 3 aromatic carbocycles. The molecule has 2 aromatic heterocycles. The van der Waals surface area contributed by atoms with E-state index in [1.54, 1.807) is 0 Å². The minimum absolute atomic E-state index is 0.0787. The molecule has 3 saturated heterocycles. The number of aromatic nitrogens is 4. The fraction of sp³-hybridized carbons (Fsp3) is 0.462. The molecule has 5 heterocycles. The van der Waals surface area contributed by atoms with Crippen molar-refractivity contribution in [3.8, 4) is 22.5 Å². The molecule has 0 aliphatic carbocycles. The van der Waals surface area contributed by atoms with Gasteiger partial charge in [0.25, 0.3) is 0 Å². The molecule has 14 nitrogen and oxygen atoms in total. The number of anilines is 1. The van der Waals surface area contributed by atoms with Crippen LogP contribution in [0.2, 0.25) is 0 Å². The number of rotatable bonds is 15. The average molecular weight is 897 g/mol. The van der Waals surface area contributed by atoms with Crippen molar-refractivity contribution >= 4 is 29.6 Å². The molecule has 0 saturated carbocycles. The Bertz CT molecular complexity index is 2450. The van der Waals surface area contributed by atoms with Gasteiger partial charge in [0.1, 0.15) is 17.7 Å². The molecule has 3 N–H and O–H groups in total. The van der Waals surface area contributed by atoms with Crippen molar-refractivity contribution in [2.75, 3.05) is 32.2 Å². The number of hydrogen-bond donors (Lipinski definition) is 3. The van der Waals surface area contributed by atoms with Gasteiger partial charge in [0.15, 0.2) is 0 Å². The highest BCUT2D eigenvalue weighted by Gasteiger charge is 2.39. The van der Waals surface area contributed by atoms with Gasteiger partial charge in [0.05, 0.1) is 62.2 Å². The number of alkyl carbamates (subject to hydrolysis) is 1. The van der Waals surface area contributed by atoms with Gasteiger partial charge in [-0.05, 0) is 91.2 Å². The topological polar surface area (TPSA) is 166 Å². The van der Waals surface area contributed by atoms with Crippen molar-refractivity contribution in [2.24, 2.45) is 17.8 Å². The standard InChI is InChI=1S/C52H64N8O6/c1-32(2)39(24-27-46(61)65-5)50(62)58-28-10-14-44(58)48-53-30-40(55-48)34-16-20-36(21-17-34)42-25-26-43(60(42)38-12-8-7-9-13-38)37-22-18-35(19-23-37)41-31-54-49(56-41)45-15-11-29-59(45)51(63)47(33(3)4)57-52(64)66-6/h7-9,12-13,16-23,30-33,39,42-45,47H,10-11,14-15,24-29H2,1-6H3,(H,53,55)(H,54,56)(H,57,64). The predicted octanol–water partition coefficient (Wildman–Crippen LogP) is 9.48. The number of hydrogen-bond acceptors (Lipinski definition) is 9. The number of imidazole rings is 2. The van der Waals surface area contributed by atoms with Gasteiger partial charge in [0, 0.05) is 31.1 Å². The van der Waals surface area contributed by atoms with E-state index in [1.165, 1.54) is 31.0 Å². The number of benzene rings is 3. The lowest BCUT2D eigenvalue weighted by molar-refractivity contribution is -0.142. The van der Waals surface area contributed by atoms with Gasteiger partial charge in [-0.2, -0.15) is 0 Å². The summed E-state index contributed by atoms with van der Waals surface area (Å²) < 4.78 is 9.66. The second-order valence-corrected chi connectivity index (χ2v) is 18.7. The molecule has 3 aliphatic heterocycles. The highest BCUT2D eigenvalue weighted by atomic mass is 16.5. The molecule has 348 valence electrons. The first-order valence-corrected chi connectivity index (χ1v) is 23.6. The first-order chi connectivity index (χ1) is 31.9. The number of ether oxygens (including phenoxy) is 2. The van der Waals surface area contributed by atoms with Crippen LogP contribution in [-0.4, -0.2) is 87.0 Å². The molecule has 3 amide bonds. The number of nitrogens with zero attached hydrogens (tertiary/aromatic N) is 5. The van der Waals surface area contributed by atoms with Crippen LogP contribution >= 0.6 is 0 Å². The van der Waals surface area contributed by atoms with E-state index in [1.807, 2.05) is 49.9 Å². The predicted molar refractivity (Wildman–Crippen MR) is 253 cm³/mol. The van der Waals surface area contributed by atoms with Crippen LogP contribution in [0.5, 0.6) is 0 Å². The molecule has 66 heavy (non-hydrogen) atoms. The monoisotopic (exact) mass is 896 g/mol. The van der Waals surface area contributed by atoms with Gasteiger partial charge in [-0.25, -0.2) is 14.8 Å². The maximum atomic E-state index is 13.9. The van der Waals surface area contributed by atoms with Crippen molar-refractivity contribution in [3.05, 3.63) is 114 Å². The van der Waals surface area contributed by atoms with Crippen LogP contribution in [0.4, 0.5) is 10.5 Å². The summed E-state index contributed by atoms with van der Waals surface area (Å²) >= 11 is 0. The molecule has 6 atom stereocenters. The molecule has 14 heteroatoms. The van der Waals surface area contributed by atoms with Gasteiger partial charge in [-0.3, -0.25) is 14.4 Å². The third kappa shape index (κ3) is 9.73. The highest BCUT2D eigenvalue weighted by Crippen LogP contribution is 2.47. The molecule has 0 radical (unpaired) electrons. The van der Waals surface area contributed by atoms with Crippen LogP contribution in [0.3, 0.4) is 0 Å². The second kappa shape index (κ2) is 20.4. The van der Waals surface area contributed by atoms with Crippen molar-refractivity contribution in [1.29, 1.82) is 0 Å². The van der Waals surface area contributed by atoms with E-state index < -0.39 is 12.1 Å². The molecule has 5 aromatic rings. The third-order valence-electron chi connectivity index (χ3n) is 13.9. The first-order valence-electron chi connectivity index (χ1n) is 23.6. The van der Waals surface area contributed by atoms with Crippen LogP contribution in [-0.2, 0) is 23.9 Å². The van der Waals surface area contributed by atoms with Crippen molar-refractivity contribution < 1.29 is 28.7 Å². The van der Waals surface area contributed by atoms with Crippen LogP contribution in [0, 0.1) is 17.8 Å². The Labute approximate surface area is 387 Å². The Balaban J connectivity index is 0.957. The summed E-state index contributed by atoms with van der Waals surface area (Å²) in [6.07, 6.45) is 9.16. The maximum Gasteiger partial charge on any atom is 0.407 e. The summed E-state index contributed by atoms with van der Waals surface area (Å²) in [6.45, 7) is 9.18. The quantitative estimate of drug-likeness (QED) is 0.0868. The number of para-hydroxylation sites is 1. The molecule has 8 rings (SSSR count). The first kappa shape index (κ1) is 46.1. The van der Waals surface area contributed by atoms with E-state index in [-0.39, 0.29) is 66.1 Å². The number of carbonyl (C=O) groups excluding carboxylic acids is 4. The normalized spacial score (nSPS) is 20.5.